The van der Waals surface area contributed by atoms with Crippen molar-refractivity contribution in [3.63, 3.8) is 0 Å². The van der Waals surface area contributed by atoms with Crippen molar-refractivity contribution < 1.29 is 9.47 Å². The molecule has 12 heavy (non-hydrogen) atoms. The predicted octanol–water partition coefficient (Wildman–Crippen LogP) is 0.496. The Morgan fingerprint density at radius 1 is 1.58 bits per heavy atom. The fraction of sp³-hybridized carbons (Fsp3) is 1.00. The third-order valence-corrected chi connectivity index (χ3v) is 2.50. The first kappa shape index (κ1) is 8.48. The molecule has 2 rings (SSSR count). The lowest BCUT2D eigenvalue weighted by Crippen LogP contribution is -2.37. The molecule has 0 aromatic rings. The van der Waals surface area contributed by atoms with Gasteiger partial charge in [0.25, 0.3) is 0 Å². The van der Waals surface area contributed by atoms with Gasteiger partial charge in [-0.3, -0.25) is 0 Å². The maximum atomic E-state index is 5.71. The zero-order chi connectivity index (χ0) is 8.39. The van der Waals surface area contributed by atoms with Gasteiger partial charge < -0.3 is 14.4 Å². The molecule has 0 aliphatic carbocycles. The molecule has 3 nitrogen and oxygen atoms in total. The van der Waals surface area contributed by atoms with Crippen LogP contribution in [0.4, 0.5) is 0 Å². The molecule has 2 aliphatic rings. The molecule has 0 amide bonds. The van der Waals surface area contributed by atoms with Crippen LogP contribution in [0.3, 0.4) is 0 Å². The van der Waals surface area contributed by atoms with E-state index >= 15 is 0 Å². The van der Waals surface area contributed by atoms with Crippen LogP contribution in [0.2, 0.25) is 0 Å². The molecule has 0 N–H and O–H groups in total. The SMILES string of the molecule is CN1CCC[C@@H](OC[C@H]2CO2)C1. The second kappa shape index (κ2) is 3.73. The van der Waals surface area contributed by atoms with Crippen LogP contribution in [0.1, 0.15) is 12.8 Å². The summed E-state index contributed by atoms with van der Waals surface area (Å²) in [5.74, 6) is 0. The Morgan fingerprint density at radius 3 is 3.08 bits per heavy atom. The fourth-order valence-corrected chi connectivity index (χ4v) is 1.66. The van der Waals surface area contributed by atoms with E-state index < -0.39 is 0 Å². The lowest BCUT2D eigenvalue weighted by molar-refractivity contribution is -0.000116. The maximum Gasteiger partial charge on any atom is 0.104 e. The van der Waals surface area contributed by atoms with Gasteiger partial charge in [0.05, 0.1) is 19.3 Å². The number of epoxide rings is 1. The number of rotatable bonds is 3. The van der Waals surface area contributed by atoms with E-state index in [0.29, 0.717) is 12.2 Å². The van der Waals surface area contributed by atoms with Crippen molar-refractivity contribution in [3.05, 3.63) is 0 Å². The molecule has 3 heteroatoms. The quantitative estimate of drug-likeness (QED) is 0.578. The van der Waals surface area contributed by atoms with E-state index in [1.807, 2.05) is 0 Å². The summed E-state index contributed by atoms with van der Waals surface area (Å²) in [6.45, 7) is 4.02. The van der Waals surface area contributed by atoms with E-state index in [1.54, 1.807) is 0 Å². The molecule has 2 saturated heterocycles. The molecule has 0 spiro atoms. The molecular weight excluding hydrogens is 154 g/mol. The topological polar surface area (TPSA) is 25.0 Å². The van der Waals surface area contributed by atoms with Gasteiger partial charge in [-0.1, -0.05) is 0 Å². The lowest BCUT2D eigenvalue weighted by Gasteiger charge is -2.29. The summed E-state index contributed by atoms with van der Waals surface area (Å²) in [5.41, 5.74) is 0. The van der Waals surface area contributed by atoms with Crippen LogP contribution in [0, 0.1) is 0 Å². The van der Waals surface area contributed by atoms with E-state index in [9.17, 15) is 0 Å². The van der Waals surface area contributed by atoms with Crippen molar-refractivity contribution >= 4 is 0 Å². The van der Waals surface area contributed by atoms with Crippen LogP contribution in [0.5, 0.6) is 0 Å². The minimum absolute atomic E-state index is 0.414. The van der Waals surface area contributed by atoms with Crippen molar-refractivity contribution in [2.24, 2.45) is 0 Å². The van der Waals surface area contributed by atoms with Gasteiger partial charge in [-0.15, -0.1) is 0 Å². The van der Waals surface area contributed by atoms with E-state index in [4.69, 9.17) is 9.47 Å². The molecule has 0 bridgehead atoms. The summed E-state index contributed by atoms with van der Waals surface area (Å²) in [6, 6.07) is 0. The largest absolute Gasteiger partial charge is 0.374 e. The first-order valence-electron chi connectivity index (χ1n) is 4.76. The van der Waals surface area contributed by atoms with Crippen LogP contribution < -0.4 is 0 Å². The molecule has 2 heterocycles. The summed E-state index contributed by atoms with van der Waals surface area (Å²) < 4.78 is 10.8. The normalized spacial score (nSPS) is 36.8. The monoisotopic (exact) mass is 171 g/mol. The Hall–Kier alpha value is -0.120. The second-order valence-electron chi connectivity index (χ2n) is 3.82. The van der Waals surface area contributed by atoms with E-state index in [0.717, 1.165) is 19.8 Å². The van der Waals surface area contributed by atoms with Crippen LogP contribution in [-0.4, -0.2) is 50.5 Å². The highest BCUT2D eigenvalue weighted by Gasteiger charge is 2.25. The molecule has 0 aromatic heterocycles. The lowest BCUT2D eigenvalue weighted by atomic mass is 10.1. The smallest absolute Gasteiger partial charge is 0.104 e. The Labute approximate surface area is 73.6 Å². The number of hydrogen-bond donors (Lipinski definition) is 0. The van der Waals surface area contributed by atoms with Crippen molar-refractivity contribution in [1.82, 2.24) is 4.90 Å². The van der Waals surface area contributed by atoms with E-state index in [1.165, 1.54) is 19.4 Å². The maximum absolute atomic E-state index is 5.71. The number of ether oxygens (including phenoxy) is 2. The number of likely N-dealkylation sites (N-methyl/N-ethyl adjacent to an activating group) is 1. The molecule has 2 fully saturated rings. The minimum Gasteiger partial charge on any atom is -0.374 e. The fourth-order valence-electron chi connectivity index (χ4n) is 1.66. The number of likely N-dealkylation sites (tertiary alicyclic amines) is 1. The third-order valence-electron chi connectivity index (χ3n) is 2.50. The predicted molar refractivity (Wildman–Crippen MR) is 46.2 cm³/mol. The molecule has 0 unspecified atom stereocenters. The van der Waals surface area contributed by atoms with E-state index in [2.05, 4.69) is 11.9 Å². The molecule has 2 aliphatic heterocycles. The summed E-state index contributed by atoms with van der Waals surface area (Å²) in [5, 5.41) is 0. The number of piperidine rings is 1. The average Bonchev–Trinajstić information content (AvgIpc) is 2.84. The van der Waals surface area contributed by atoms with Gasteiger partial charge >= 0.3 is 0 Å². The highest BCUT2D eigenvalue weighted by molar-refractivity contribution is 4.73. The van der Waals surface area contributed by atoms with Gasteiger partial charge in [-0.2, -0.15) is 0 Å². The Morgan fingerprint density at radius 2 is 2.42 bits per heavy atom. The van der Waals surface area contributed by atoms with Crippen LogP contribution in [-0.2, 0) is 9.47 Å². The number of nitrogens with zero attached hydrogens (tertiary/aromatic N) is 1. The minimum atomic E-state index is 0.414. The molecule has 2 atom stereocenters. The zero-order valence-electron chi connectivity index (χ0n) is 7.66. The molecule has 0 saturated carbocycles. The van der Waals surface area contributed by atoms with Gasteiger partial charge in [0, 0.05) is 6.54 Å². The number of hydrogen-bond acceptors (Lipinski definition) is 3. The molecule has 0 radical (unpaired) electrons. The van der Waals surface area contributed by atoms with E-state index in [-0.39, 0.29) is 0 Å². The zero-order valence-corrected chi connectivity index (χ0v) is 7.66. The molecule has 70 valence electrons. The third kappa shape index (κ3) is 2.44. The standard InChI is InChI=1S/C9H17NO2/c1-10-4-2-3-8(5-10)11-6-9-7-12-9/h8-9H,2-7H2,1H3/t8-,9+/m1/s1. The summed E-state index contributed by atoms with van der Waals surface area (Å²) >= 11 is 0. The van der Waals surface area contributed by atoms with Crippen molar-refractivity contribution in [2.75, 3.05) is 33.4 Å². The van der Waals surface area contributed by atoms with Crippen LogP contribution >= 0.6 is 0 Å². The van der Waals surface area contributed by atoms with Gasteiger partial charge in [0.2, 0.25) is 0 Å². The average molecular weight is 171 g/mol. The Kier molecular flexibility index (Phi) is 2.63. The van der Waals surface area contributed by atoms with Crippen LogP contribution in [0.15, 0.2) is 0 Å². The Balaban J connectivity index is 1.64. The highest BCUT2D eigenvalue weighted by atomic mass is 16.6. The van der Waals surface area contributed by atoms with Gasteiger partial charge in [-0.05, 0) is 26.4 Å². The van der Waals surface area contributed by atoms with Gasteiger partial charge in [0.15, 0.2) is 0 Å². The van der Waals surface area contributed by atoms with Crippen LogP contribution in [0.25, 0.3) is 0 Å². The van der Waals surface area contributed by atoms with Crippen molar-refractivity contribution in [2.45, 2.75) is 25.0 Å². The first-order chi connectivity index (χ1) is 5.84. The summed E-state index contributed by atoms with van der Waals surface area (Å²) in [6.07, 6.45) is 3.36. The first-order valence-corrected chi connectivity index (χ1v) is 4.76. The van der Waals surface area contributed by atoms with Crippen molar-refractivity contribution in [1.29, 1.82) is 0 Å². The van der Waals surface area contributed by atoms with Gasteiger partial charge in [-0.25, -0.2) is 0 Å². The molecule has 0 aromatic carbocycles. The highest BCUT2D eigenvalue weighted by Crippen LogP contribution is 2.15. The summed E-state index contributed by atoms with van der Waals surface area (Å²) in [4.78, 5) is 2.34. The molecular formula is C9H17NO2. The summed E-state index contributed by atoms with van der Waals surface area (Å²) in [7, 11) is 2.16. The second-order valence-corrected chi connectivity index (χ2v) is 3.82. The Bertz CT molecular complexity index is 147. The van der Waals surface area contributed by atoms with Gasteiger partial charge in [0.1, 0.15) is 6.10 Å². The van der Waals surface area contributed by atoms with Crippen molar-refractivity contribution in [3.8, 4) is 0 Å².